The van der Waals surface area contributed by atoms with E-state index < -0.39 is 31.9 Å². The van der Waals surface area contributed by atoms with Gasteiger partial charge < -0.3 is 20.7 Å². The van der Waals surface area contributed by atoms with Crippen LogP contribution in [0.1, 0.15) is 57.1 Å². The topological polar surface area (TPSA) is 122 Å². The molecule has 0 aliphatic carbocycles. The fraction of sp³-hybridized carbons (Fsp3) is 0.500. The molecule has 1 unspecified atom stereocenters. The van der Waals surface area contributed by atoms with Crippen LogP contribution in [0.3, 0.4) is 0 Å². The molecule has 0 saturated carbocycles. The van der Waals surface area contributed by atoms with E-state index in [-0.39, 0.29) is 18.9 Å². The molecule has 0 radical (unpaired) electrons. The van der Waals surface area contributed by atoms with E-state index in [2.05, 4.69) is 5.32 Å². The van der Waals surface area contributed by atoms with Gasteiger partial charge in [-0.3, -0.25) is 9.63 Å². The zero-order valence-corrected chi connectivity index (χ0v) is 23.0. The molecule has 1 amide bonds. The Bertz CT molecular complexity index is 959. The Morgan fingerprint density at radius 2 is 1.57 bits per heavy atom. The van der Waals surface area contributed by atoms with E-state index in [0.717, 1.165) is 36.8 Å². The number of carbonyl (C=O) groups is 2. The lowest BCUT2D eigenvalue weighted by atomic mass is 10.0. The maximum atomic E-state index is 13.6. The zero-order chi connectivity index (χ0) is 27.0. The van der Waals surface area contributed by atoms with Crippen molar-refractivity contribution in [1.82, 2.24) is 10.2 Å². The van der Waals surface area contributed by atoms with E-state index in [9.17, 15) is 19.3 Å². The van der Waals surface area contributed by atoms with E-state index in [0.29, 0.717) is 19.1 Å². The maximum absolute atomic E-state index is 13.6. The molecule has 2 aromatic carbocycles. The van der Waals surface area contributed by atoms with Crippen LogP contribution in [0.5, 0.6) is 0 Å². The third kappa shape index (κ3) is 11.6. The molecule has 0 bridgehead atoms. The summed E-state index contributed by atoms with van der Waals surface area (Å²) in [6, 6.07) is 16.9. The van der Waals surface area contributed by atoms with Gasteiger partial charge in [0, 0.05) is 6.16 Å². The number of carboxylic acid groups (broad SMARTS) is 1. The van der Waals surface area contributed by atoms with Gasteiger partial charge in [0.25, 0.3) is 0 Å². The summed E-state index contributed by atoms with van der Waals surface area (Å²) in [5.74, 6) is -1.52. The minimum atomic E-state index is -2.50. The second-order valence-corrected chi connectivity index (χ2v) is 11.4. The van der Waals surface area contributed by atoms with Crippen molar-refractivity contribution in [3.63, 3.8) is 0 Å². The number of hydrogen-bond donors (Lipinski definition) is 3. The number of nitrogens with zero attached hydrogens (tertiary/aromatic N) is 1. The van der Waals surface area contributed by atoms with Crippen LogP contribution in [-0.2, 0) is 32.0 Å². The van der Waals surface area contributed by atoms with Crippen molar-refractivity contribution in [2.75, 3.05) is 12.7 Å². The van der Waals surface area contributed by atoms with Gasteiger partial charge in [-0.15, -0.1) is 4.83 Å². The largest absolute Gasteiger partial charge is 0.480 e. The number of carboxylic acids is 1. The second-order valence-electron chi connectivity index (χ2n) is 9.67. The highest BCUT2D eigenvalue weighted by atomic mass is 31.1. The van der Waals surface area contributed by atoms with Crippen molar-refractivity contribution in [3.8, 4) is 0 Å². The van der Waals surface area contributed by atoms with Gasteiger partial charge in [-0.25, -0.2) is 4.79 Å². The molecule has 0 heterocycles. The average Bonchev–Trinajstić information content (AvgIpc) is 2.88. The Labute approximate surface area is 221 Å². The highest BCUT2D eigenvalue weighted by Crippen LogP contribution is 2.34. The third-order valence-corrected chi connectivity index (χ3v) is 7.70. The summed E-state index contributed by atoms with van der Waals surface area (Å²) < 4.78 is 13.6. The summed E-state index contributed by atoms with van der Waals surface area (Å²) in [6.07, 6.45) is 4.43. The summed E-state index contributed by atoms with van der Waals surface area (Å²) in [6.45, 7) is 4.59. The van der Waals surface area contributed by atoms with E-state index in [4.69, 9.17) is 10.6 Å². The minimum absolute atomic E-state index is 0.0760. The van der Waals surface area contributed by atoms with Crippen LogP contribution < -0.4 is 11.1 Å². The second kappa shape index (κ2) is 17.1. The minimum Gasteiger partial charge on any atom is -0.480 e. The van der Waals surface area contributed by atoms with Gasteiger partial charge in [0.1, 0.15) is 12.1 Å². The monoisotopic (exact) mass is 531 g/mol. The number of carbonyl (C=O) groups excluding carboxylic acids is 1. The fourth-order valence-electron chi connectivity index (χ4n) is 4.02. The van der Waals surface area contributed by atoms with E-state index in [1.54, 1.807) is 0 Å². The summed E-state index contributed by atoms with van der Waals surface area (Å²) in [5, 5.41) is 12.4. The first-order chi connectivity index (χ1) is 17.8. The van der Waals surface area contributed by atoms with Gasteiger partial charge in [0.15, 0.2) is 7.95 Å². The smallest absolute Gasteiger partial charge is 0.326 e. The Hall–Kier alpha value is -2.51. The maximum Gasteiger partial charge on any atom is 0.326 e. The van der Waals surface area contributed by atoms with Gasteiger partial charge in [0.05, 0.1) is 6.61 Å². The normalized spacial score (nSPS) is 13.9. The first-order valence-electron chi connectivity index (χ1n) is 13.1. The van der Waals surface area contributed by atoms with Gasteiger partial charge in [-0.2, -0.15) is 0 Å². The lowest BCUT2D eigenvalue weighted by Crippen LogP contribution is -2.51. The summed E-state index contributed by atoms with van der Waals surface area (Å²) in [7, 11) is -2.50. The van der Waals surface area contributed by atoms with Crippen molar-refractivity contribution < 1.29 is 24.1 Å². The molecule has 0 saturated heterocycles. The molecule has 8 nitrogen and oxygen atoms in total. The van der Waals surface area contributed by atoms with Crippen molar-refractivity contribution in [2.24, 2.45) is 11.7 Å². The Kier molecular flexibility index (Phi) is 14.2. The van der Waals surface area contributed by atoms with Crippen LogP contribution >= 0.6 is 7.95 Å². The van der Waals surface area contributed by atoms with Crippen molar-refractivity contribution in [1.29, 1.82) is 0 Å². The molecule has 9 heteroatoms. The molecule has 0 fully saturated rings. The van der Waals surface area contributed by atoms with Gasteiger partial charge in [-0.05, 0) is 49.3 Å². The molecule has 204 valence electrons. The molecule has 2 rings (SSSR count). The van der Waals surface area contributed by atoms with Crippen LogP contribution in [0.15, 0.2) is 60.7 Å². The van der Waals surface area contributed by atoms with Gasteiger partial charge >= 0.3 is 5.97 Å². The predicted octanol–water partition coefficient (Wildman–Crippen LogP) is 4.64. The van der Waals surface area contributed by atoms with Crippen molar-refractivity contribution in [2.45, 2.75) is 71.1 Å². The number of benzene rings is 2. The number of hydrogen-bond acceptors (Lipinski definition) is 5. The molecule has 0 spiro atoms. The molecular weight excluding hydrogens is 489 g/mol. The van der Waals surface area contributed by atoms with Crippen LogP contribution in [0.25, 0.3) is 0 Å². The fourth-order valence-corrected chi connectivity index (χ4v) is 5.56. The van der Waals surface area contributed by atoms with Crippen LogP contribution in [-0.4, -0.2) is 46.6 Å². The number of nitrogens with one attached hydrogen (secondary N) is 1. The SMILES string of the molecule is CC(C)C[C@H](NC(=O)[C@H](Cc1ccccc1)N(OCc1ccccc1)[PH](=O)CCCCCCN)C(=O)O. The summed E-state index contributed by atoms with van der Waals surface area (Å²) in [4.78, 5) is 32.9. The molecule has 4 N–H and O–H groups in total. The van der Waals surface area contributed by atoms with Crippen LogP contribution in [0.2, 0.25) is 0 Å². The van der Waals surface area contributed by atoms with E-state index in [1.165, 1.54) is 4.83 Å². The molecule has 0 aliphatic rings. The van der Waals surface area contributed by atoms with Crippen LogP contribution in [0, 0.1) is 5.92 Å². The van der Waals surface area contributed by atoms with Gasteiger partial charge in [0.2, 0.25) is 5.91 Å². The van der Waals surface area contributed by atoms with Crippen molar-refractivity contribution >= 4 is 19.8 Å². The number of aliphatic carboxylic acids is 1. The standard InChI is InChI=1S/C28H42N3O5P/c1-22(2)19-25(28(33)34)30-27(32)26(20-23-13-7-5-8-14-23)31(36-21-24-15-9-6-10-16-24)37(35)18-12-4-3-11-17-29/h5-10,13-16,22,25-26,37H,3-4,11-12,17-21,29H2,1-2H3,(H,30,32)(H,33,34)/t25-,26-/m0/s1. The molecule has 0 aliphatic heterocycles. The van der Waals surface area contributed by atoms with Gasteiger partial charge in [-0.1, -0.05) is 87.4 Å². The first kappa shape index (κ1) is 30.7. The molecule has 2 aromatic rings. The number of hydroxylamine groups is 1. The molecular formula is C28H42N3O5P. The highest BCUT2D eigenvalue weighted by molar-refractivity contribution is 7.41. The number of unbranched alkanes of at least 4 members (excludes halogenated alkanes) is 3. The van der Waals surface area contributed by atoms with Crippen LogP contribution in [0.4, 0.5) is 0 Å². The Morgan fingerprint density at radius 1 is 0.973 bits per heavy atom. The van der Waals surface area contributed by atoms with Crippen molar-refractivity contribution in [3.05, 3.63) is 71.8 Å². The molecule has 0 aromatic heterocycles. The Morgan fingerprint density at radius 3 is 2.14 bits per heavy atom. The lowest BCUT2D eigenvalue weighted by Gasteiger charge is -2.30. The number of rotatable bonds is 18. The number of amides is 1. The predicted molar refractivity (Wildman–Crippen MR) is 147 cm³/mol. The first-order valence-corrected chi connectivity index (χ1v) is 14.6. The quantitative estimate of drug-likeness (QED) is 0.146. The van der Waals surface area contributed by atoms with E-state index >= 15 is 0 Å². The summed E-state index contributed by atoms with van der Waals surface area (Å²) >= 11 is 0. The Balaban J connectivity index is 2.31. The third-order valence-electron chi connectivity index (χ3n) is 5.98. The lowest BCUT2D eigenvalue weighted by molar-refractivity contribution is -0.154. The number of nitrogens with two attached hydrogens (primary N) is 1. The zero-order valence-electron chi connectivity index (χ0n) is 22.0. The molecule has 3 atom stereocenters. The average molecular weight is 532 g/mol. The highest BCUT2D eigenvalue weighted by Gasteiger charge is 2.34. The molecule has 37 heavy (non-hydrogen) atoms. The summed E-state index contributed by atoms with van der Waals surface area (Å²) in [5.41, 5.74) is 7.33. The van der Waals surface area contributed by atoms with E-state index in [1.807, 2.05) is 74.5 Å².